The summed E-state index contributed by atoms with van der Waals surface area (Å²) in [6, 6.07) is 1.56. The molecule has 0 radical (unpaired) electrons. The minimum atomic E-state index is -1.12. The molecule has 2 rings (SSSR count). The molecule has 0 bridgehead atoms. The second kappa shape index (κ2) is 3.33. The van der Waals surface area contributed by atoms with Crippen molar-refractivity contribution in [3.8, 4) is 0 Å². The topological polar surface area (TPSA) is 34.1 Å². The van der Waals surface area contributed by atoms with Crippen molar-refractivity contribution in [2.75, 3.05) is 0 Å². The number of rotatable bonds is 0. The third-order valence-electron chi connectivity index (χ3n) is 2.50. The molecule has 4 heteroatoms. The van der Waals surface area contributed by atoms with Gasteiger partial charge in [0.05, 0.1) is 5.57 Å². The summed E-state index contributed by atoms with van der Waals surface area (Å²) in [4.78, 5) is 23.5. The number of allylic oxidation sites excluding steroid dienone is 2. The van der Waals surface area contributed by atoms with Gasteiger partial charge in [-0.25, -0.2) is 8.78 Å². The second-order valence-corrected chi connectivity index (χ2v) is 3.85. The largest absolute Gasteiger partial charge is 0.288 e. The smallest absolute Gasteiger partial charge is 0.197 e. The van der Waals surface area contributed by atoms with Crippen molar-refractivity contribution in [2.45, 2.75) is 13.8 Å². The summed E-state index contributed by atoms with van der Waals surface area (Å²) in [5, 5.41) is 0. The molecule has 0 fully saturated rings. The van der Waals surface area contributed by atoms with Gasteiger partial charge in [-0.05, 0) is 26.0 Å². The molecule has 16 heavy (non-hydrogen) atoms. The predicted octanol–water partition coefficient (Wildman–Crippen LogP) is 2.68. The Balaban J connectivity index is 2.75. The van der Waals surface area contributed by atoms with Gasteiger partial charge in [-0.2, -0.15) is 0 Å². The van der Waals surface area contributed by atoms with E-state index in [1.165, 1.54) is 0 Å². The van der Waals surface area contributed by atoms with Gasteiger partial charge in [0.1, 0.15) is 0 Å². The van der Waals surface area contributed by atoms with Gasteiger partial charge in [-0.15, -0.1) is 0 Å². The minimum absolute atomic E-state index is 0.0139. The van der Waals surface area contributed by atoms with Gasteiger partial charge >= 0.3 is 0 Å². The zero-order valence-corrected chi connectivity index (χ0v) is 8.73. The molecule has 0 saturated carbocycles. The Morgan fingerprint density at radius 1 is 0.938 bits per heavy atom. The van der Waals surface area contributed by atoms with Crippen LogP contribution >= 0.6 is 0 Å². The van der Waals surface area contributed by atoms with Crippen LogP contribution in [0.15, 0.2) is 23.3 Å². The first kappa shape index (κ1) is 10.7. The molecule has 0 N–H and O–H groups in total. The molecule has 0 aromatic heterocycles. The van der Waals surface area contributed by atoms with Crippen molar-refractivity contribution >= 4 is 11.6 Å². The summed E-state index contributed by atoms with van der Waals surface area (Å²) in [5.74, 6) is -3.29. The van der Waals surface area contributed by atoms with E-state index in [-0.39, 0.29) is 16.7 Å². The van der Waals surface area contributed by atoms with Crippen LogP contribution in [0, 0.1) is 11.6 Å². The van der Waals surface area contributed by atoms with Crippen LogP contribution in [0.25, 0.3) is 0 Å². The first-order chi connectivity index (χ1) is 7.43. The van der Waals surface area contributed by atoms with Crippen LogP contribution in [0.1, 0.15) is 34.6 Å². The van der Waals surface area contributed by atoms with Crippen LogP contribution in [0.3, 0.4) is 0 Å². The van der Waals surface area contributed by atoms with Gasteiger partial charge in [-0.3, -0.25) is 9.59 Å². The average Bonchev–Trinajstić information content (AvgIpc) is 2.41. The highest BCUT2D eigenvalue weighted by Crippen LogP contribution is 2.29. The molecule has 0 heterocycles. The Labute approximate surface area is 90.6 Å². The summed E-state index contributed by atoms with van der Waals surface area (Å²) in [6.07, 6.45) is 0. The third kappa shape index (κ3) is 1.30. The van der Waals surface area contributed by atoms with E-state index in [2.05, 4.69) is 0 Å². The minimum Gasteiger partial charge on any atom is -0.288 e. The fourth-order valence-corrected chi connectivity index (χ4v) is 1.75. The lowest BCUT2D eigenvalue weighted by atomic mass is 10.1. The van der Waals surface area contributed by atoms with Crippen LogP contribution in [0.4, 0.5) is 8.78 Å². The molecule has 0 atom stereocenters. The lowest BCUT2D eigenvalue weighted by Gasteiger charge is -1.96. The molecule has 0 unspecified atom stereocenters. The van der Waals surface area contributed by atoms with Crippen molar-refractivity contribution in [1.82, 2.24) is 0 Å². The molecule has 1 aliphatic carbocycles. The monoisotopic (exact) mass is 222 g/mol. The summed E-state index contributed by atoms with van der Waals surface area (Å²) >= 11 is 0. The Morgan fingerprint density at radius 3 is 1.62 bits per heavy atom. The zero-order valence-electron chi connectivity index (χ0n) is 8.73. The maximum absolute atomic E-state index is 12.9. The van der Waals surface area contributed by atoms with Gasteiger partial charge in [-0.1, -0.05) is 5.57 Å². The summed E-state index contributed by atoms with van der Waals surface area (Å²) in [7, 11) is 0. The first-order valence-electron chi connectivity index (χ1n) is 4.69. The fourth-order valence-electron chi connectivity index (χ4n) is 1.75. The molecular formula is C12H8F2O2. The van der Waals surface area contributed by atoms with Gasteiger partial charge < -0.3 is 0 Å². The Kier molecular flexibility index (Phi) is 2.22. The fraction of sp³-hybridized carbons (Fsp3) is 0.167. The van der Waals surface area contributed by atoms with Crippen LogP contribution in [0.2, 0.25) is 0 Å². The number of hydrogen-bond donors (Lipinski definition) is 0. The standard InChI is InChI=1S/C12H8F2O2/c1-5(2)10-11(15)6-3-8(13)9(14)4-7(6)12(10)16/h3-4H,1-2H3. The van der Waals surface area contributed by atoms with Crippen LogP contribution < -0.4 is 0 Å². The number of benzene rings is 1. The van der Waals surface area contributed by atoms with E-state index in [0.717, 1.165) is 12.1 Å². The number of ketones is 2. The van der Waals surface area contributed by atoms with Crippen LogP contribution in [0.5, 0.6) is 0 Å². The number of halogens is 2. The van der Waals surface area contributed by atoms with Crippen molar-refractivity contribution in [3.63, 3.8) is 0 Å². The lowest BCUT2D eigenvalue weighted by molar-refractivity contribution is 0.0987. The molecule has 82 valence electrons. The van der Waals surface area contributed by atoms with Gasteiger partial charge in [0.15, 0.2) is 23.2 Å². The van der Waals surface area contributed by atoms with Crippen molar-refractivity contribution in [3.05, 3.63) is 46.0 Å². The number of hydrogen-bond acceptors (Lipinski definition) is 2. The molecule has 0 aliphatic heterocycles. The number of carbonyl (C=O) groups is 2. The molecule has 1 aromatic carbocycles. The Hall–Kier alpha value is -1.84. The maximum Gasteiger partial charge on any atom is 0.197 e. The highest BCUT2D eigenvalue weighted by molar-refractivity contribution is 6.39. The average molecular weight is 222 g/mol. The number of Topliss-reactive ketones (excluding diaryl/α,β-unsaturated/α-hetero) is 2. The maximum atomic E-state index is 12.9. The zero-order chi connectivity index (χ0) is 12.0. The van der Waals surface area contributed by atoms with E-state index in [4.69, 9.17) is 0 Å². The molecule has 0 amide bonds. The normalized spacial score (nSPS) is 14.4. The van der Waals surface area contributed by atoms with E-state index in [1.54, 1.807) is 13.8 Å². The molecule has 0 saturated heterocycles. The van der Waals surface area contributed by atoms with Crippen LogP contribution in [-0.4, -0.2) is 11.6 Å². The molecule has 1 aliphatic rings. The Morgan fingerprint density at radius 2 is 1.31 bits per heavy atom. The number of carbonyl (C=O) groups excluding carboxylic acids is 2. The highest BCUT2D eigenvalue weighted by atomic mass is 19.2. The highest BCUT2D eigenvalue weighted by Gasteiger charge is 2.35. The lowest BCUT2D eigenvalue weighted by Crippen LogP contribution is -2.02. The van der Waals surface area contributed by atoms with Crippen molar-refractivity contribution < 1.29 is 18.4 Å². The predicted molar refractivity (Wildman–Crippen MR) is 53.4 cm³/mol. The van der Waals surface area contributed by atoms with Crippen LogP contribution in [-0.2, 0) is 0 Å². The second-order valence-electron chi connectivity index (χ2n) is 3.85. The SMILES string of the molecule is CC(C)=C1C(=O)c2cc(F)c(F)cc2C1=O. The summed E-state index contributed by atoms with van der Waals surface area (Å²) < 4.78 is 25.9. The quantitative estimate of drug-likeness (QED) is 0.499. The van der Waals surface area contributed by atoms with Crippen molar-refractivity contribution in [2.24, 2.45) is 0 Å². The molecule has 0 spiro atoms. The van der Waals surface area contributed by atoms with E-state index in [0.29, 0.717) is 5.57 Å². The van der Waals surface area contributed by atoms with Gasteiger partial charge in [0.25, 0.3) is 0 Å². The third-order valence-corrected chi connectivity index (χ3v) is 2.50. The molecule has 2 nitrogen and oxygen atoms in total. The Bertz CT molecular complexity index is 509. The van der Waals surface area contributed by atoms with Crippen molar-refractivity contribution in [1.29, 1.82) is 0 Å². The molecule has 1 aromatic rings. The molecular weight excluding hydrogens is 214 g/mol. The summed E-state index contributed by atoms with van der Waals surface area (Å²) in [6.45, 7) is 3.23. The van der Waals surface area contributed by atoms with E-state index in [9.17, 15) is 18.4 Å². The summed E-state index contributed by atoms with van der Waals surface area (Å²) in [5.41, 5.74) is 0.451. The van der Waals surface area contributed by atoms with E-state index in [1.807, 2.05) is 0 Å². The van der Waals surface area contributed by atoms with E-state index >= 15 is 0 Å². The first-order valence-corrected chi connectivity index (χ1v) is 4.69. The van der Waals surface area contributed by atoms with Gasteiger partial charge in [0.2, 0.25) is 0 Å². The van der Waals surface area contributed by atoms with Gasteiger partial charge in [0, 0.05) is 11.1 Å². The van der Waals surface area contributed by atoms with E-state index < -0.39 is 23.2 Å². The number of fused-ring (bicyclic) bond motifs is 1.